The first kappa shape index (κ1) is 19.8. The molecule has 3 aromatic heterocycles. The van der Waals surface area contributed by atoms with Gasteiger partial charge in [0.15, 0.2) is 0 Å². The maximum Gasteiger partial charge on any atom is 0.211 e. The Morgan fingerprint density at radius 3 is 2.53 bits per heavy atom. The van der Waals surface area contributed by atoms with E-state index in [1.165, 1.54) is 0 Å². The van der Waals surface area contributed by atoms with Gasteiger partial charge in [0.2, 0.25) is 5.95 Å². The van der Waals surface area contributed by atoms with Crippen molar-refractivity contribution >= 4 is 40.6 Å². The molecule has 10 heteroatoms. The van der Waals surface area contributed by atoms with Crippen molar-refractivity contribution < 1.29 is 4.74 Å². The van der Waals surface area contributed by atoms with Gasteiger partial charge in [-0.2, -0.15) is 0 Å². The summed E-state index contributed by atoms with van der Waals surface area (Å²) in [7, 11) is 0. The van der Waals surface area contributed by atoms with Crippen LogP contribution in [-0.2, 0) is 4.74 Å². The zero-order chi connectivity index (χ0) is 21.0. The van der Waals surface area contributed by atoms with Gasteiger partial charge in [0.05, 0.1) is 17.7 Å². The molecule has 2 atom stereocenters. The smallest absolute Gasteiger partial charge is 0.211 e. The fourth-order valence-electron chi connectivity index (χ4n) is 4.62. The summed E-state index contributed by atoms with van der Waals surface area (Å²) in [5, 5.41) is 0.571. The number of hydrogen-bond donors (Lipinski definition) is 2. The summed E-state index contributed by atoms with van der Waals surface area (Å²) in [5.74, 6) is 1.03. The third-order valence-electron chi connectivity index (χ3n) is 6.57. The van der Waals surface area contributed by atoms with E-state index < -0.39 is 0 Å². The predicted molar refractivity (Wildman–Crippen MR) is 118 cm³/mol. The summed E-state index contributed by atoms with van der Waals surface area (Å²) >= 11 is 12.6. The van der Waals surface area contributed by atoms with Crippen molar-refractivity contribution in [3.63, 3.8) is 0 Å². The second kappa shape index (κ2) is 7.23. The number of halogens is 2. The van der Waals surface area contributed by atoms with Crippen LogP contribution < -0.4 is 16.4 Å². The molecule has 0 aromatic carbocycles. The second-order valence-electron chi connectivity index (χ2n) is 8.17. The van der Waals surface area contributed by atoms with Crippen LogP contribution in [-0.4, -0.2) is 51.2 Å². The van der Waals surface area contributed by atoms with Crippen molar-refractivity contribution in [3.8, 4) is 11.1 Å². The van der Waals surface area contributed by atoms with Crippen LogP contribution in [0.4, 0.5) is 11.8 Å². The van der Waals surface area contributed by atoms with E-state index in [2.05, 4.69) is 21.8 Å². The van der Waals surface area contributed by atoms with Gasteiger partial charge in [0.25, 0.3) is 0 Å². The lowest BCUT2D eigenvalue weighted by Crippen LogP contribution is -2.51. The number of rotatable bonds is 2. The van der Waals surface area contributed by atoms with Crippen molar-refractivity contribution in [1.82, 2.24) is 19.4 Å². The number of piperidine rings is 1. The van der Waals surface area contributed by atoms with Crippen LogP contribution in [0, 0.1) is 5.41 Å². The number of hydrogen-bond acceptors (Lipinski definition) is 7. The molecule has 3 aromatic rings. The van der Waals surface area contributed by atoms with Crippen LogP contribution in [0.25, 0.3) is 16.8 Å². The molecule has 0 radical (unpaired) electrons. The number of ether oxygens (including phenoxy) is 1. The lowest BCUT2D eigenvalue weighted by atomic mass is 9.73. The van der Waals surface area contributed by atoms with Gasteiger partial charge in [-0.05, 0) is 19.8 Å². The number of aromatic nitrogens is 4. The third kappa shape index (κ3) is 2.93. The highest BCUT2D eigenvalue weighted by molar-refractivity contribution is 6.45. The fourth-order valence-corrected chi connectivity index (χ4v) is 5.02. The van der Waals surface area contributed by atoms with Crippen LogP contribution in [0.3, 0.4) is 0 Å². The topological polar surface area (TPSA) is 108 Å². The van der Waals surface area contributed by atoms with E-state index in [4.69, 9.17) is 44.4 Å². The van der Waals surface area contributed by atoms with E-state index in [-0.39, 0.29) is 28.4 Å². The SMILES string of the molecule is C[C@@H]1OCC2(CCN(c3ncc(-c4cnc(N)c(Cl)c4Cl)c4nccn34)CC2)[C@@H]1N. The van der Waals surface area contributed by atoms with Gasteiger partial charge in [-0.25, -0.2) is 15.0 Å². The number of nitrogen functional groups attached to an aromatic ring is 1. The summed E-state index contributed by atoms with van der Waals surface area (Å²) < 4.78 is 7.81. The first-order valence-electron chi connectivity index (χ1n) is 9.95. The van der Waals surface area contributed by atoms with E-state index in [0.717, 1.165) is 49.7 Å². The van der Waals surface area contributed by atoms with Gasteiger partial charge >= 0.3 is 0 Å². The molecule has 0 aliphatic carbocycles. The van der Waals surface area contributed by atoms with Crippen LogP contribution in [0.1, 0.15) is 19.8 Å². The Morgan fingerprint density at radius 2 is 1.83 bits per heavy atom. The predicted octanol–water partition coefficient (Wildman–Crippen LogP) is 3.01. The third-order valence-corrected chi connectivity index (χ3v) is 7.44. The molecule has 2 aliphatic rings. The number of nitrogens with zero attached hydrogens (tertiary/aromatic N) is 5. The van der Waals surface area contributed by atoms with Crippen LogP contribution in [0.5, 0.6) is 0 Å². The molecule has 2 fully saturated rings. The molecule has 30 heavy (non-hydrogen) atoms. The van der Waals surface area contributed by atoms with Crippen molar-refractivity contribution in [3.05, 3.63) is 34.8 Å². The van der Waals surface area contributed by atoms with E-state index in [0.29, 0.717) is 10.6 Å². The zero-order valence-electron chi connectivity index (χ0n) is 16.6. The Morgan fingerprint density at radius 1 is 1.10 bits per heavy atom. The molecule has 1 spiro atoms. The highest BCUT2D eigenvalue weighted by Gasteiger charge is 2.47. The quantitative estimate of drug-likeness (QED) is 0.621. The average molecular weight is 448 g/mol. The Kier molecular flexibility index (Phi) is 4.77. The van der Waals surface area contributed by atoms with Crippen LogP contribution in [0.2, 0.25) is 10.0 Å². The summed E-state index contributed by atoms with van der Waals surface area (Å²) in [6.07, 6.45) is 9.07. The highest BCUT2D eigenvalue weighted by Crippen LogP contribution is 2.42. The molecular weight excluding hydrogens is 425 g/mol. The molecule has 5 rings (SSSR count). The average Bonchev–Trinajstić information content (AvgIpc) is 3.35. The Labute approximate surface area is 184 Å². The summed E-state index contributed by atoms with van der Waals surface area (Å²) in [6.45, 7) is 4.52. The molecule has 8 nitrogen and oxygen atoms in total. The monoisotopic (exact) mass is 447 g/mol. The van der Waals surface area contributed by atoms with Gasteiger partial charge in [-0.1, -0.05) is 23.2 Å². The highest BCUT2D eigenvalue weighted by atomic mass is 35.5. The number of pyridine rings is 1. The minimum Gasteiger partial charge on any atom is -0.382 e. The first-order chi connectivity index (χ1) is 14.4. The van der Waals surface area contributed by atoms with Crippen LogP contribution >= 0.6 is 23.2 Å². The fraction of sp³-hybridized carbons (Fsp3) is 0.450. The maximum atomic E-state index is 6.45. The summed E-state index contributed by atoms with van der Waals surface area (Å²) in [6, 6.07) is 0.0770. The summed E-state index contributed by atoms with van der Waals surface area (Å²) in [4.78, 5) is 15.7. The number of fused-ring (bicyclic) bond motifs is 1. The van der Waals surface area contributed by atoms with Gasteiger partial charge in [0, 0.05) is 60.5 Å². The van der Waals surface area contributed by atoms with Crippen molar-refractivity contribution in [2.45, 2.75) is 31.9 Å². The normalized spacial score (nSPS) is 23.5. The lowest BCUT2D eigenvalue weighted by molar-refractivity contribution is 0.0973. The van der Waals surface area contributed by atoms with E-state index >= 15 is 0 Å². The number of nitrogens with two attached hydrogens (primary N) is 2. The van der Waals surface area contributed by atoms with Crippen molar-refractivity contribution in [2.75, 3.05) is 30.3 Å². The largest absolute Gasteiger partial charge is 0.382 e. The molecule has 0 saturated carbocycles. The van der Waals surface area contributed by atoms with Crippen molar-refractivity contribution in [1.29, 1.82) is 0 Å². The molecule has 2 saturated heterocycles. The molecule has 5 heterocycles. The summed E-state index contributed by atoms with van der Waals surface area (Å²) in [5.41, 5.74) is 14.4. The van der Waals surface area contributed by atoms with Crippen LogP contribution in [0.15, 0.2) is 24.8 Å². The Balaban J connectivity index is 1.48. The molecule has 0 bridgehead atoms. The second-order valence-corrected chi connectivity index (χ2v) is 8.93. The lowest BCUT2D eigenvalue weighted by Gasteiger charge is -2.41. The van der Waals surface area contributed by atoms with Gasteiger partial charge in [-0.15, -0.1) is 0 Å². The molecular formula is C20H23Cl2N7O. The first-order valence-corrected chi connectivity index (χ1v) is 10.7. The van der Waals surface area contributed by atoms with Gasteiger partial charge in [0.1, 0.15) is 16.5 Å². The number of anilines is 2. The maximum absolute atomic E-state index is 6.45. The minimum atomic E-state index is 0.0593. The number of imidazole rings is 1. The van der Waals surface area contributed by atoms with E-state index in [1.807, 2.05) is 10.6 Å². The Hall–Kier alpha value is -2.13. The van der Waals surface area contributed by atoms with Gasteiger partial charge < -0.3 is 21.1 Å². The molecule has 0 unspecified atom stereocenters. The molecule has 2 aliphatic heterocycles. The minimum absolute atomic E-state index is 0.0593. The standard InChI is InChI=1S/C20H23Cl2N7O/c1-11-16(23)20(10-30-11)2-5-28(6-3-20)19-27-9-13(18-25-4-7-29(18)19)12-8-26-17(24)15(22)14(12)21/h4,7-9,11,16H,2-3,5-6,10,23H2,1H3,(H2,24,26)/t11-,16+/m0/s1. The zero-order valence-corrected chi connectivity index (χ0v) is 18.1. The molecule has 0 amide bonds. The molecule has 158 valence electrons. The van der Waals surface area contributed by atoms with E-state index in [9.17, 15) is 0 Å². The van der Waals surface area contributed by atoms with Gasteiger partial charge in [-0.3, -0.25) is 4.40 Å². The molecule has 4 N–H and O–H groups in total. The Bertz CT molecular complexity index is 1110. The van der Waals surface area contributed by atoms with E-state index in [1.54, 1.807) is 18.6 Å². The van der Waals surface area contributed by atoms with Crippen molar-refractivity contribution in [2.24, 2.45) is 11.1 Å².